The molecule has 1 unspecified atom stereocenters. The highest BCUT2D eigenvalue weighted by atomic mass is 32.1. The molecule has 1 aliphatic heterocycles. The first-order valence-corrected chi connectivity index (χ1v) is 7.55. The number of aliphatic carboxylic acids is 1. The maximum absolute atomic E-state index is 12.0. The van der Waals surface area contributed by atoms with E-state index in [-0.39, 0.29) is 12.6 Å². The standard InChI is InChI=1S/C14H15N3O3S/c18-13(19)9-5-6-17(8-9)14(20)15-7-12-16-10-3-1-2-4-11(10)21-12/h1-4,9H,5-8H2,(H,15,20)(H,18,19). The largest absolute Gasteiger partial charge is 0.481 e. The molecule has 0 bridgehead atoms. The zero-order chi connectivity index (χ0) is 14.8. The number of nitrogens with zero attached hydrogens (tertiary/aromatic N) is 2. The van der Waals surface area contributed by atoms with Crippen LogP contribution in [0.1, 0.15) is 11.4 Å². The number of amides is 2. The molecular weight excluding hydrogens is 290 g/mol. The lowest BCUT2D eigenvalue weighted by molar-refractivity contribution is -0.141. The minimum Gasteiger partial charge on any atom is -0.481 e. The lowest BCUT2D eigenvalue weighted by atomic mass is 10.1. The van der Waals surface area contributed by atoms with E-state index in [1.807, 2.05) is 24.3 Å². The molecular formula is C14H15N3O3S. The van der Waals surface area contributed by atoms with Gasteiger partial charge in [0.05, 0.1) is 22.7 Å². The molecule has 1 saturated heterocycles. The monoisotopic (exact) mass is 305 g/mol. The predicted octanol–water partition coefficient (Wildman–Crippen LogP) is 1.91. The van der Waals surface area contributed by atoms with Gasteiger partial charge in [-0.3, -0.25) is 4.79 Å². The molecule has 1 fully saturated rings. The molecule has 1 aromatic carbocycles. The van der Waals surface area contributed by atoms with Gasteiger partial charge < -0.3 is 15.3 Å². The molecule has 0 radical (unpaired) electrons. The van der Waals surface area contributed by atoms with Crippen molar-refractivity contribution >= 4 is 33.6 Å². The van der Waals surface area contributed by atoms with Crippen molar-refractivity contribution < 1.29 is 14.7 Å². The van der Waals surface area contributed by atoms with Gasteiger partial charge in [-0.25, -0.2) is 9.78 Å². The molecule has 2 N–H and O–H groups in total. The van der Waals surface area contributed by atoms with Crippen LogP contribution in [0, 0.1) is 5.92 Å². The molecule has 21 heavy (non-hydrogen) atoms. The summed E-state index contributed by atoms with van der Waals surface area (Å²) in [5, 5.41) is 12.6. The highest BCUT2D eigenvalue weighted by molar-refractivity contribution is 7.18. The molecule has 3 rings (SSSR count). The predicted molar refractivity (Wildman–Crippen MR) is 79.2 cm³/mol. The average molecular weight is 305 g/mol. The van der Waals surface area contributed by atoms with Gasteiger partial charge in [-0.2, -0.15) is 0 Å². The van der Waals surface area contributed by atoms with Crippen molar-refractivity contribution in [1.82, 2.24) is 15.2 Å². The van der Waals surface area contributed by atoms with Crippen molar-refractivity contribution in [3.8, 4) is 0 Å². The second-order valence-electron chi connectivity index (χ2n) is 5.00. The molecule has 0 spiro atoms. The fraction of sp³-hybridized carbons (Fsp3) is 0.357. The number of para-hydroxylation sites is 1. The van der Waals surface area contributed by atoms with E-state index in [2.05, 4.69) is 10.3 Å². The number of nitrogens with one attached hydrogen (secondary N) is 1. The van der Waals surface area contributed by atoms with E-state index in [1.54, 1.807) is 16.2 Å². The number of carbonyl (C=O) groups excluding carboxylic acids is 1. The molecule has 1 atom stereocenters. The van der Waals surface area contributed by atoms with E-state index in [9.17, 15) is 9.59 Å². The van der Waals surface area contributed by atoms with Crippen LogP contribution in [0.15, 0.2) is 24.3 Å². The molecule has 2 heterocycles. The Kier molecular flexibility index (Phi) is 3.74. The number of carboxylic acids is 1. The summed E-state index contributed by atoms with van der Waals surface area (Å²) in [6.07, 6.45) is 0.518. The van der Waals surface area contributed by atoms with E-state index in [0.717, 1.165) is 15.2 Å². The number of fused-ring (bicyclic) bond motifs is 1. The van der Waals surface area contributed by atoms with Gasteiger partial charge in [0.15, 0.2) is 0 Å². The first-order valence-electron chi connectivity index (χ1n) is 6.73. The molecule has 1 aromatic heterocycles. The number of hydrogen-bond acceptors (Lipinski definition) is 4. The van der Waals surface area contributed by atoms with E-state index < -0.39 is 11.9 Å². The van der Waals surface area contributed by atoms with E-state index in [4.69, 9.17) is 5.11 Å². The molecule has 6 nitrogen and oxygen atoms in total. The summed E-state index contributed by atoms with van der Waals surface area (Å²) >= 11 is 1.55. The van der Waals surface area contributed by atoms with Crippen LogP contribution in [-0.2, 0) is 11.3 Å². The summed E-state index contributed by atoms with van der Waals surface area (Å²) in [6, 6.07) is 7.60. The topological polar surface area (TPSA) is 82.5 Å². The Bertz CT molecular complexity index is 652. The Morgan fingerprint density at radius 1 is 1.43 bits per heavy atom. The second kappa shape index (κ2) is 5.69. The van der Waals surface area contributed by atoms with Gasteiger partial charge in [0, 0.05) is 13.1 Å². The maximum atomic E-state index is 12.0. The lowest BCUT2D eigenvalue weighted by Crippen LogP contribution is -2.38. The van der Waals surface area contributed by atoms with Crippen LogP contribution in [0.3, 0.4) is 0 Å². The molecule has 0 saturated carbocycles. The second-order valence-corrected chi connectivity index (χ2v) is 6.12. The Hall–Kier alpha value is -2.15. The molecule has 7 heteroatoms. The van der Waals surface area contributed by atoms with E-state index >= 15 is 0 Å². The Morgan fingerprint density at radius 2 is 2.24 bits per heavy atom. The molecule has 2 aromatic rings. The fourth-order valence-electron chi connectivity index (χ4n) is 2.40. The van der Waals surface area contributed by atoms with Crippen LogP contribution >= 0.6 is 11.3 Å². The molecule has 1 aliphatic rings. The van der Waals surface area contributed by atoms with Crippen LogP contribution < -0.4 is 5.32 Å². The lowest BCUT2D eigenvalue weighted by Gasteiger charge is -2.16. The molecule has 2 amide bonds. The Balaban J connectivity index is 1.57. The summed E-state index contributed by atoms with van der Waals surface area (Å²) in [5.74, 6) is -1.28. The van der Waals surface area contributed by atoms with Crippen molar-refractivity contribution in [2.45, 2.75) is 13.0 Å². The van der Waals surface area contributed by atoms with Crippen LogP contribution in [-0.4, -0.2) is 40.1 Å². The van der Waals surface area contributed by atoms with Gasteiger partial charge in [-0.15, -0.1) is 11.3 Å². The third-order valence-corrected chi connectivity index (χ3v) is 4.59. The number of hydrogen-bond donors (Lipinski definition) is 2. The van der Waals surface area contributed by atoms with E-state index in [0.29, 0.717) is 19.5 Å². The summed E-state index contributed by atoms with van der Waals surface area (Å²) in [6.45, 7) is 1.13. The number of carbonyl (C=O) groups is 2. The van der Waals surface area contributed by atoms with Gasteiger partial charge in [0.1, 0.15) is 5.01 Å². The summed E-state index contributed by atoms with van der Waals surface area (Å²) < 4.78 is 1.09. The van der Waals surface area contributed by atoms with Crippen molar-refractivity contribution in [2.24, 2.45) is 5.92 Å². The van der Waals surface area contributed by atoms with Gasteiger partial charge in [-0.05, 0) is 18.6 Å². The van der Waals surface area contributed by atoms with Crippen LogP contribution in [0.2, 0.25) is 0 Å². The number of rotatable bonds is 3. The van der Waals surface area contributed by atoms with Crippen molar-refractivity contribution in [3.05, 3.63) is 29.3 Å². The summed E-state index contributed by atoms with van der Waals surface area (Å²) in [5.41, 5.74) is 0.930. The minimum atomic E-state index is -0.837. The SMILES string of the molecule is O=C(O)C1CCN(C(=O)NCc2nc3ccccc3s2)C1. The number of urea groups is 1. The molecule has 0 aliphatic carbocycles. The number of benzene rings is 1. The van der Waals surface area contributed by atoms with Gasteiger partial charge in [0.2, 0.25) is 0 Å². The molecule has 110 valence electrons. The highest BCUT2D eigenvalue weighted by Gasteiger charge is 2.30. The highest BCUT2D eigenvalue weighted by Crippen LogP contribution is 2.21. The number of thiazole rings is 1. The van der Waals surface area contributed by atoms with Crippen LogP contribution in [0.4, 0.5) is 4.79 Å². The Labute approximate surface area is 125 Å². The van der Waals surface area contributed by atoms with Crippen LogP contribution in [0.5, 0.6) is 0 Å². The van der Waals surface area contributed by atoms with Gasteiger partial charge in [0.25, 0.3) is 0 Å². The zero-order valence-electron chi connectivity index (χ0n) is 11.3. The normalized spacial score (nSPS) is 18.1. The quantitative estimate of drug-likeness (QED) is 0.907. The first-order chi connectivity index (χ1) is 10.1. The number of likely N-dealkylation sites (tertiary alicyclic amines) is 1. The van der Waals surface area contributed by atoms with Crippen molar-refractivity contribution in [1.29, 1.82) is 0 Å². The summed E-state index contributed by atoms with van der Waals surface area (Å²) in [4.78, 5) is 28.9. The number of aromatic nitrogens is 1. The smallest absolute Gasteiger partial charge is 0.317 e. The fourth-order valence-corrected chi connectivity index (χ4v) is 3.31. The van der Waals surface area contributed by atoms with Gasteiger partial charge >= 0.3 is 12.0 Å². The van der Waals surface area contributed by atoms with Crippen molar-refractivity contribution in [2.75, 3.05) is 13.1 Å². The third-order valence-electron chi connectivity index (χ3n) is 3.55. The zero-order valence-corrected chi connectivity index (χ0v) is 12.1. The van der Waals surface area contributed by atoms with Crippen molar-refractivity contribution in [3.63, 3.8) is 0 Å². The average Bonchev–Trinajstić information content (AvgIpc) is 3.11. The van der Waals surface area contributed by atoms with Gasteiger partial charge in [-0.1, -0.05) is 12.1 Å². The third kappa shape index (κ3) is 2.97. The van der Waals surface area contributed by atoms with Crippen LogP contribution in [0.25, 0.3) is 10.2 Å². The maximum Gasteiger partial charge on any atom is 0.317 e. The minimum absolute atomic E-state index is 0.224. The number of carboxylic acid groups (broad SMARTS) is 1. The first kappa shape index (κ1) is 13.8. The summed E-state index contributed by atoms with van der Waals surface area (Å²) in [7, 11) is 0. The van der Waals surface area contributed by atoms with E-state index in [1.165, 1.54) is 0 Å². The Morgan fingerprint density at radius 3 is 2.95 bits per heavy atom.